The molecular weight excluding hydrogens is 366 g/mol. The zero-order valence-corrected chi connectivity index (χ0v) is 17.8. The van der Waals surface area contributed by atoms with Crippen LogP contribution in [0.1, 0.15) is 47.0 Å². The van der Waals surface area contributed by atoms with Crippen molar-refractivity contribution in [2.24, 2.45) is 16.7 Å². The Morgan fingerprint density at radius 3 is 2.22 bits per heavy atom. The van der Waals surface area contributed by atoms with Crippen molar-refractivity contribution in [3.05, 3.63) is 0 Å². The van der Waals surface area contributed by atoms with Crippen molar-refractivity contribution in [3.8, 4) is 0 Å². The van der Waals surface area contributed by atoms with Gasteiger partial charge in [0.1, 0.15) is 0 Å². The van der Waals surface area contributed by atoms with Gasteiger partial charge in [-0.3, -0.25) is 9.59 Å². The van der Waals surface area contributed by atoms with Gasteiger partial charge >= 0.3 is 0 Å². The molecule has 2 spiro atoms. The summed E-state index contributed by atoms with van der Waals surface area (Å²) in [6, 6.07) is 0. The second-order valence-corrected chi connectivity index (χ2v) is 11.0. The van der Waals surface area contributed by atoms with Crippen molar-refractivity contribution in [2.75, 3.05) is 45.0 Å². The first kappa shape index (κ1) is 20.6. The van der Waals surface area contributed by atoms with Gasteiger partial charge in [0.15, 0.2) is 0 Å². The third-order valence-electron chi connectivity index (χ3n) is 6.92. The summed E-state index contributed by atoms with van der Waals surface area (Å²) in [5.74, 6) is 0.412. The average molecular weight is 400 g/mol. The molecule has 0 aliphatic carbocycles. The summed E-state index contributed by atoms with van der Waals surface area (Å²) < 4.78 is 26.9. The summed E-state index contributed by atoms with van der Waals surface area (Å²) in [6.07, 6.45) is 2.07. The Bertz CT molecular complexity index is 712. The molecule has 0 saturated carbocycles. The lowest BCUT2D eigenvalue weighted by Gasteiger charge is -2.46. The largest absolute Gasteiger partial charge is 0.342 e. The summed E-state index contributed by atoms with van der Waals surface area (Å²) in [4.78, 5) is 29.1. The van der Waals surface area contributed by atoms with Gasteiger partial charge in [-0.25, -0.2) is 12.7 Å². The van der Waals surface area contributed by atoms with E-state index in [4.69, 9.17) is 0 Å². The zero-order chi connectivity index (χ0) is 20.0. The number of sulfonamides is 1. The molecule has 0 N–H and O–H groups in total. The van der Waals surface area contributed by atoms with Crippen molar-refractivity contribution in [2.45, 2.75) is 47.0 Å². The van der Waals surface area contributed by atoms with Gasteiger partial charge in [-0.2, -0.15) is 0 Å². The molecule has 3 rings (SSSR count). The number of hydrogen-bond acceptors (Lipinski definition) is 4. The van der Waals surface area contributed by atoms with Gasteiger partial charge in [0.05, 0.1) is 11.2 Å². The number of carbonyl (C=O) groups is 2. The van der Waals surface area contributed by atoms with E-state index in [2.05, 4.69) is 0 Å². The van der Waals surface area contributed by atoms with E-state index in [1.54, 1.807) is 11.2 Å². The minimum Gasteiger partial charge on any atom is -0.342 e. The van der Waals surface area contributed by atoms with E-state index in [0.717, 1.165) is 13.0 Å². The molecular formula is C19H33N3O4S. The molecule has 3 heterocycles. The maximum atomic E-state index is 13.3. The summed E-state index contributed by atoms with van der Waals surface area (Å²) in [6.45, 7) is 10.7. The average Bonchev–Trinajstić information content (AvgIpc) is 3.07. The molecule has 0 aromatic rings. The van der Waals surface area contributed by atoms with Crippen LogP contribution < -0.4 is 0 Å². The van der Waals surface area contributed by atoms with E-state index in [1.807, 2.05) is 30.6 Å². The van der Waals surface area contributed by atoms with Gasteiger partial charge in [-0.15, -0.1) is 0 Å². The molecule has 0 aromatic carbocycles. The van der Waals surface area contributed by atoms with Gasteiger partial charge in [-0.1, -0.05) is 13.8 Å². The highest BCUT2D eigenvalue weighted by molar-refractivity contribution is 7.89. The number of hydrogen-bond donors (Lipinski definition) is 0. The fourth-order valence-corrected chi connectivity index (χ4v) is 7.21. The second-order valence-electron chi connectivity index (χ2n) is 8.94. The van der Waals surface area contributed by atoms with Crippen LogP contribution in [-0.4, -0.2) is 79.4 Å². The molecule has 0 radical (unpaired) electrons. The van der Waals surface area contributed by atoms with Gasteiger partial charge < -0.3 is 9.80 Å². The molecule has 154 valence electrons. The van der Waals surface area contributed by atoms with Crippen LogP contribution in [0.25, 0.3) is 0 Å². The zero-order valence-electron chi connectivity index (χ0n) is 17.0. The lowest BCUT2D eigenvalue weighted by Crippen LogP contribution is -2.54. The normalized spacial score (nSPS) is 28.9. The summed E-state index contributed by atoms with van der Waals surface area (Å²) >= 11 is 0. The fourth-order valence-electron chi connectivity index (χ4n) is 5.42. The molecule has 27 heavy (non-hydrogen) atoms. The van der Waals surface area contributed by atoms with Crippen LogP contribution in [0.3, 0.4) is 0 Å². The first-order valence-corrected chi connectivity index (χ1v) is 11.7. The second kappa shape index (κ2) is 7.03. The van der Waals surface area contributed by atoms with Crippen LogP contribution in [0.15, 0.2) is 0 Å². The summed E-state index contributed by atoms with van der Waals surface area (Å²) in [7, 11) is -3.27. The molecule has 1 atom stereocenters. The van der Waals surface area contributed by atoms with Crippen molar-refractivity contribution >= 4 is 21.8 Å². The number of fused-ring (bicyclic) bond motifs is 1. The molecule has 0 unspecified atom stereocenters. The topological polar surface area (TPSA) is 78.0 Å². The highest BCUT2D eigenvalue weighted by atomic mass is 32.2. The van der Waals surface area contributed by atoms with E-state index in [0.29, 0.717) is 45.6 Å². The fraction of sp³-hybridized carbons (Fsp3) is 0.895. The smallest absolute Gasteiger partial charge is 0.231 e. The standard InChI is InChI=1S/C19H33N3O4S/c1-5-20-9-8-19(17(20)24)14-21(16(4)23)13-18(19)6-10-22(11-7-18)27(25,26)12-15(2)3/h15H,5-14H2,1-4H3/t19-/m0/s1. The molecule has 3 saturated heterocycles. The lowest BCUT2D eigenvalue weighted by molar-refractivity contribution is -0.141. The van der Waals surface area contributed by atoms with Crippen LogP contribution in [0, 0.1) is 16.7 Å². The lowest BCUT2D eigenvalue weighted by atomic mass is 9.60. The Labute approximate surface area is 163 Å². The maximum absolute atomic E-state index is 13.3. The van der Waals surface area contributed by atoms with Gasteiger partial charge in [0.2, 0.25) is 21.8 Å². The molecule has 7 nitrogen and oxygen atoms in total. The van der Waals surface area contributed by atoms with Crippen LogP contribution in [0.5, 0.6) is 0 Å². The monoisotopic (exact) mass is 399 g/mol. The van der Waals surface area contributed by atoms with E-state index in [-0.39, 0.29) is 28.9 Å². The number of carbonyl (C=O) groups excluding carboxylic acids is 2. The SMILES string of the molecule is CCN1CC[C@]2(CN(C(C)=O)CC23CCN(S(=O)(=O)CC(C)C)CC3)C1=O. The maximum Gasteiger partial charge on any atom is 0.231 e. The predicted molar refractivity (Wildman–Crippen MR) is 103 cm³/mol. The number of rotatable bonds is 4. The third-order valence-corrected chi connectivity index (χ3v) is 9.16. The molecule has 3 aliphatic heterocycles. The van der Waals surface area contributed by atoms with Crippen molar-refractivity contribution in [3.63, 3.8) is 0 Å². The molecule has 2 amide bonds. The number of likely N-dealkylation sites (tertiary alicyclic amines) is 2. The first-order valence-electron chi connectivity index (χ1n) is 10.1. The molecule has 3 fully saturated rings. The number of nitrogens with zero attached hydrogens (tertiary/aromatic N) is 3. The molecule has 0 bridgehead atoms. The number of piperidine rings is 1. The van der Waals surface area contributed by atoms with Gasteiger partial charge in [0, 0.05) is 51.6 Å². The van der Waals surface area contributed by atoms with Crippen molar-refractivity contribution in [1.29, 1.82) is 0 Å². The Hall–Kier alpha value is -1.15. The minimum atomic E-state index is -3.27. The highest BCUT2D eigenvalue weighted by Gasteiger charge is 2.65. The Kier molecular flexibility index (Phi) is 5.36. The Morgan fingerprint density at radius 1 is 1.11 bits per heavy atom. The molecule has 3 aliphatic rings. The van der Waals surface area contributed by atoms with Gasteiger partial charge in [0.25, 0.3) is 0 Å². The minimum absolute atomic E-state index is 0.00357. The molecule has 0 aromatic heterocycles. The van der Waals surface area contributed by atoms with Crippen LogP contribution in [0.2, 0.25) is 0 Å². The Morgan fingerprint density at radius 2 is 1.74 bits per heavy atom. The van der Waals surface area contributed by atoms with Crippen LogP contribution >= 0.6 is 0 Å². The predicted octanol–water partition coefficient (Wildman–Crippen LogP) is 1.16. The van der Waals surface area contributed by atoms with E-state index >= 15 is 0 Å². The van der Waals surface area contributed by atoms with E-state index < -0.39 is 15.4 Å². The third kappa shape index (κ3) is 3.28. The quantitative estimate of drug-likeness (QED) is 0.711. The Balaban J connectivity index is 1.86. The number of amides is 2. The summed E-state index contributed by atoms with van der Waals surface area (Å²) in [5, 5.41) is 0. The summed E-state index contributed by atoms with van der Waals surface area (Å²) in [5.41, 5.74) is -0.841. The first-order chi connectivity index (χ1) is 12.6. The molecule has 8 heteroatoms. The van der Waals surface area contributed by atoms with Crippen LogP contribution in [0.4, 0.5) is 0 Å². The van der Waals surface area contributed by atoms with Crippen molar-refractivity contribution < 1.29 is 18.0 Å². The van der Waals surface area contributed by atoms with Gasteiger partial charge in [-0.05, 0) is 32.1 Å². The van der Waals surface area contributed by atoms with E-state index in [9.17, 15) is 18.0 Å². The van der Waals surface area contributed by atoms with Crippen molar-refractivity contribution in [1.82, 2.24) is 14.1 Å². The highest BCUT2D eigenvalue weighted by Crippen LogP contribution is 2.58. The van der Waals surface area contributed by atoms with Crippen LogP contribution in [-0.2, 0) is 19.6 Å². The van der Waals surface area contributed by atoms with E-state index in [1.165, 1.54) is 0 Å².